The Morgan fingerprint density at radius 1 is 1.47 bits per heavy atom. The molecule has 0 atom stereocenters. The lowest BCUT2D eigenvalue weighted by atomic mass is 10.2. The largest absolute Gasteiger partial charge is 0.480 e. The van der Waals surface area contributed by atoms with E-state index in [1.165, 1.54) is 7.11 Å². The molecule has 0 saturated carbocycles. The van der Waals surface area contributed by atoms with Crippen molar-refractivity contribution in [2.24, 2.45) is 0 Å². The Labute approximate surface area is 101 Å². The lowest BCUT2D eigenvalue weighted by molar-refractivity contribution is 0.0762. The highest BCUT2D eigenvalue weighted by atomic mass is 16.5. The van der Waals surface area contributed by atoms with Crippen LogP contribution in [0.1, 0.15) is 16.8 Å². The van der Waals surface area contributed by atoms with Gasteiger partial charge in [-0.3, -0.25) is 4.79 Å². The van der Waals surface area contributed by atoms with Crippen molar-refractivity contribution in [3.05, 3.63) is 23.9 Å². The molecule has 1 aromatic rings. The fourth-order valence-electron chi connectivity index (χ4n) is 1.94. The molecule has 2 heterocycles. The average Bonchev–Trinajstić information content (AvgIpc) is 2.66. The van der Waals surface area contributed by atoms with Gasteiger partial charge in [0.15, 0.2) is 0 Å². The van der Waals surface area contributed by atoms with E-state index in [9.17, 15) is 4.79 Å². The Morgan fingerprint density at radius 2 is 2.35 bits per heavy atom. The molecule has 92 valence electrons. The summed E-state index contributed by atoms with van der Waals surface area (Å²) >= 11 is 0. The van der Waals surface area contributed by atoms with E-state index < -0.39 is 0 Å². The number of pyridine rings is 1. The summed E-state index contributed by atoms with van der Waals surface area (Å²) in [7, 11) is 1.53. The number of ether oxygens (including phenoxy) is 1. The van der Waals surface area contributed by atoms with Gasteiger partial charge in [-0.15, -0.1) is 0 Å². The molecule has 0 spiro atoms. The molecule has 1 amide bonds. The normalized spacial score (nSPS) is 16.4. The maximum Gasteiger partial charge on any atom is 0.259 e. The van der Waals surface area contributed by atoms with Crippen molar-refractivity contribution in [1.82, 2.24) is 15.2 Å². The summed E-state index contributed by atoms with van der Waals surface area (Å²) < 4.78 is 5.11. The first-order valence-corrected chi connectivity index (χ1v) is 5.82. The first-order valence-electron chi connectivity index (χ1n) is 5.82. The first-order chi connectivity index (χ1) is 8.33. The van der Waals surface area contributed by atoms with E-state index in [0.29, 0.717) is 11.4 Å². The van der Waals surface area contributed by atoms with E-state index in [1.54, 1.807) is 18.3 Å². The van der Waals surface area contributed by atoms with Gasteiger partial charge in [-0.25, -0.2) is 4.98 Å². The number of nitrogens with zero attached hydrogens (tertiary/aromatic N) is 2. The summed E-state index contributed by atoms with van der Waals surface area (Å²) in [6.07, 6.45) is 2.61. The Hall–Kier alpha value is -1.62. The van der Waals surface area contributed by atoms with Crippen LogP contribution in [0, 0.1) is 0 Å². The van der Waals surface area contributed by atoms with Crippen molar-refractivity contribution in [1.29, 1.82) is 0 Å². The van der Waals surface area contributed by atoms with Crippen LogP contribution in [-0.4, -0.2) is 49.1 Å². The number of carbonyl (C=O) groups is 1. The Bertz CT molecular complexity index is 387. The predicted octanol–water partition coefficient (Wildman–Crippen LogP) is 0.526. The van der Waals surface area contributed by atoms with Gasteiger partial charge in [0, 0.05) is 25.8 Å². The van der Waals surface area contributed by atoms with Crippen LogP contribution >= 0.6 is 0 Å². The van der Waals surface area contributed by atoms with E-state index in [2.05, 4.69) is 10.3 Å². The molecule has 1 aliphatic rings. The highest BCUT2D eigenvalue weighted by molar-refractivity contribution is 5.96. The zero-order valence-electron chi connectivity index (χ0n) is 9.98. The molecule has 1 fully saturated rings. The Kier molecular flexibility index (Phi) is 3.93. The molecule has 1 aliphatic heterocycles. The maximum atomic E-state index is 12.3. The molecular weight excluding hydrogens is 218 g/mol. The zero-order valence-corrected chi connectivity index (χ0v) is 9.98. The second kappa shape index (κ2) is 5.63. The fraction of sp³-hybridized carbons (Fsp3) is 0.500. The molecule has 0 unspecified atom stereocenters. The molecule has 17 heavy (non-hydrogen) atoms. The minimum Gasteiger partial charge on any atom is -0.480 e. The molecule has 1 aromatic heterocycles. The van der Waals surface area contributed by atoms with Gasteiger partial charge >= 0.3 is 0 Å². The number of hydrogen-bond donors (Lipinski definition) is 1. The molecule has 1 saturated heterocycles. The third kappa shape index (κ3) is 2.74. The monoisotopic (exact) mass is 235 g/mol. The molecule has 2 rings (SSSR count). The van der Waals surface area contributed by atoms with Gasteiger partial charge in [0.1, 0.15) is 5.56 Å². The standard InChI is InChI=1S/C12H17N3O2/c1-17-11-10(4-2-6-14-11)12(16)15-8-3-5-13-7-9-15/h2,4,6,13H,3,5,7-9H2,1H3. The van der Waals surface area contributed by atoms with Gasteiger partial charge in [-0.2, -0.15) is 0 Å². The highest BCUT2D eigenvalue weighted by Crippen LogP contribution is 2.16. The third-order valence-electron chi connectivity index (χ3n) is 2.82. The van der Waals surface area contributed by atoms with Crippen LogP contribution in [0.15, 0.2) is 18.3 Å². The molecule has 5 heteroatoms. The molecule has 0 aliphatic carbocycles. The van der Waals surface area contributed by atoms with Crippen molar-refractivity contribution in [2.45, 2.75) is 6.42 Å². The topological polar surface area (TPSA) is 54.5 Å². The van der Waals surface area contributed by atoms with Gasteiger partial charge in [-0.1, -0.05) is 0 Å². The summed E-state index contributed by atoms with van der Waals surface area (Å²) in [6, 6.07) is 3.51. The number of nitrogens with one attached hydrogen (secondary N) is 1. The summed E-state index contributed by atoms with van der Waals surface area (Å²) in [6.45, 7) is 3.32. The van der Waals surface area contributed by atoms with Crippen LogP contribution in [0.4, 0.5) is 0 Å². The number of aromatic nitrogens is 1. The lowest BCUT2D eigenvalue weighted by Crippen LogP contribution is -2.34. The van der Waals surface area contributed by atoms with Crippen molar-refractivity contribution in [3.8, 4) is 5.88 Å². The minimum atomic E-state index is -0.00125. The predicted molar refractivity (Wildman–Crippen MR) is 64.2 cm³/mol. The van der Waals surface area contributed by atoms with Crippen LogP contribution in [0.3, 0.4) is 0 Å². The van der Waals surface area contributed by atoms with Gasteiger partial charge in [0.05, 0.1) is 7.11 Å². The molecule has 0 bridgehead atoms. The van der Waals surface area contributed by atoms with Gasteiger partial charge < -0.3 is 15.0 Å². The quantitative estimate of drug-likeness (QED) is 0.812. The summed E-state index contributed by atoms with van der Waals surface area (Å²) in [5.74, 6) is 0.397. The SMILES string of the molecule is COc1ncccc1C(=O)N1CCCNCC1. The van der Waals surface area contributed by atoms with Crippen LogP contribution < -0.4 is 10.1 Å². The maximum absolute atomic E-state index is 12.3. The summed E-state index contributed by atoms with van der Waals surface area (Å²) in [5.41, 5.74) is 0.539. The number of carbonyl (C=O) groups excluding carboxylic acids is 1. The number of methoxy groups -OCH3 is 1. The molecule has 0 radical (unpaired) electrons. The van der Waals surface area contributed by atoms with Gasteiger partial charge in [0.2, 0.25) is 5.88 Å². The van der Waals surface area contributed by atoms with Crippen molar-refractivity contribution >= 4 is 5.91 Å². The van der Waals surface area contributed by atoms with Crippen LogP contribution in [0.2, 0.25) is 0 Å². The lowest BCUT2D eigenvalue weighted by Gasteiger charge is -2.20. The number of amides is 1. The van der Waals surface area contributed by atoms with Crippen LogP contribution in [-0.2, 0) is 0 Å². The second-order valence-electron chi connectivity index (χ2n) is 3.96. The molecular formula is C12H17N3O2. The van der Waals surface area contributed by atoms with Crippen LogP contribution in [0.25, 0.3) is 0 Å². The van der Waals surface area contributed by atoms with E-state index in [4.69, 9.17) is 4.74 Å². The molecule has 1 N–H and O–H groups in total. The van der Waals surface area contributed by atoms with Crippen molar-refractivity contribution in [2.75, 3.05) is 33.3 Å². The Balaban J connectivity index is 2.17. The molecule has 5 nitrogen and oxygen atoms in total. The minimum absolute atomic E-state index is 0.00125. The first kappa shape index (κ1) is 11.9. The summed E-state index contributed by atoms with van der Waals surface area (Å²) in [5, 5.41) is 3.27. The van der Waals surface area contributed by atoms with Crippen LogP contribution in [0.5, 0.6) is 5.88 Å². The number of hydrogen-bond acceptors (Lipinski definition) is 4. The van der Waals surface area contributed by atoms with E-state index in [0.717, 1.165) is 32.6 Å². The van der Waals surface area contributed by atoms with E-state index in [1.807, 2.05) is 4.90 Å². The highest BCUT2D eigenvalue weighted by Gasteiger charge is 2.20. The zero-order chi connectivity index (χ0) is 12.1. The van der Waals surface area contributed by atoms with Gasteiger partial charge in [-0.05, 0) is 25.1 Å². The smallest absolute Gasteiger partial charge is 0.259 e. The van der Waals surface area contributed by atoms with Gasteiger partial charge in [0.25, 0.3) is 5.91 Å². The van der Waals surface area contributed by atoms with E-state index in [-0.39, 0.29) is 5.91 Å². The molecule has 0 aromatic carbocycles. The van der Waals surface area contributed by atoms with Crippen molar-refractivity contribution in [3.63, 3.8) is 0 Å². The third-order valence-corrected chi connectivity index (χ3v) is 2.82. The van der Waals surface area contributed by atoms with E-state index >= 15 is 0 Å². The fourth-order valence-corrected chi connectivity index (χ4v) is 1.94. The Morgan fingerprint density at radius 3 is 3.18 bits per heavy atom. The number of rotatable bonds is 2. The summed E-state index contributed by atoms with van der Waals surface area (Å²) in [4.78, 5) is 18.2. The average molecular weight is 235 g/mol. The second-order valence-corrected chi connectivity index (χ2v) is 3.96. The van der Waals surface area contributed by atoms with Crippen molar-refractivity contribution < 1.29 is 9.53 Å².